The number of fused-ring (bicyclic) bond motifs is 1. The van der Waals surface area contributed by atoms with Crippen molar-refractivity contribution >= 4 is 5.91 Å². The Morgan fingerprint density at radius 2 is 2.03 bits per heavy atom. The maximum atomic E-state index is 13.7. The van der Waals surface area contributed by atoms with Crippen molar-refractivity contribution in [2.45, 2.75) is 13.5 Å². The molecule has 0 aliphatic carbocycles. The lowest BCUT2D eigenvalue weighted by atomic mass is 10.0. The second-order valence-electron chi connectivity index (χ2n) is 7.13. The van der Waals surface area contributed by atoms with Crippen LogP contribution in [0.2, 0.25) is 0 Å². The summed E-state index contributed by atoms with van der Waals surface area (Å²) in [5.41, 5.74) is 3.78. The molecule has 0 fully saturated rings. The predicted molar refractivity (Wildman–Crippen MR) is 113 cm³/mol. The van der Waals surface area contributed by atoms with Crippen molar-refractivity contribution in [2.75, 3.05) is 13.7 Å². The third kappa shape index (κ3) is 4.18. The summed E-state index contributed by atoms with van der Waals surface area (Å²) in [6.07, 6.45) is 4.55. The molecule has 2 aliphatic heterocycles. The summed E-state index contributed by atoms with van der Waals surface area (Å²) in [5.74, 6) is -0.0666. The number of rotatable bonds is 6. The summed E-state index contributed by atoms with van der Waals surface area (Å²) in [6.45, 7) is 2.48. The van der Waals surface area contributed by atoms with Crippen molar-refractivity contribution in [3.63, 3.8) is 0 Å². The SMILES string of the molecule is CCOc1cc(C(=O)N(C)Cc2cn(O)cc3cnnc2-3)ccc1-c1cccc(F)c1. The Bertz CT molecular complexity index is 1210. The normalized spacial score (nSPS) is 10.9. The van der Waals surface area contributed by atoms with Crippen LogP contribution in [0.1, 0.15) is 22.8 Å². The van der Waals surface area contributed by atoms with Crippen LogP contribution in [0.5, 0.6) is 5.75 Å². The maximum Gasteiger partial charge on any atom is 0.254 e. The molecule has 8 heteroatoms. The zero-order chi connectivity index (χ0) is 22.0. The fourth-order valence-corrected chi connectivity index (χ4v) is 3.50. The fourth-order valence-electron chi connectivity index (χ4n) is 3.50. The monoisotopic (exact) mass is 420 g/mol. The first-order valence-corrected chi connectivity index (χ1v) is 9.76. The quantitative estimate of drug-likeness (QED) is 0.475. The van der Waals surface area contributed by atoms with Gasteiger partial charge in [-0.1, -0.05) is 12.1 Å². The van der Waals surface area contributed by atoms with E-state index in [1.165, 1.54) is 29.4 Å². The topological polar surface area (TPSA) is 80.5 Å². The first-order chi connectivity index (χ1) is 15.0. The molecule has 31 heavy (non-hydrogen) atoms. The molecule has 2 heterocycles. The number of nitrogens with zero attached hydrogens (tertiary/aromatic N) is 4. The minimum Gasteiger partial charge on any atom is -0.493 e. The van der Waals surface area contributed by atoms with Gasteiger partial charge in [-0.3, -0.25) is 4.79 Å². The van der Waals surface area contributed by atoms with Gasteiger partial charge < -0.3 is 14.8 Å². The van der Waals surface area contributed by atoms with Gasteiger partial charge in [-0.25, -0.2) is 9.12 Å². The van der Waals surface area contributed by atoms with Gasteiger partial charge in [0.1, 0.15) is 17.3 Å². The standard InChI is InChI=1S/C23H21FN4O3/c1-3-31-21-10-16(7-8-20(21)15-5-4-6-19(24)9-15)23(29)27(2)12-18-14-28(30)13-17-11-25-26-22(17)18/h4-11,13-14,30H,3,12H2,1-2H3. The molecule has 0 unspecified atom stereocenters. The molecule has 0 saturated heterocycles. The van der Waals surface area contributed by atoms with Gasteiger partial charge in [-0.05, 0) is 42.8 Å². The summed E-state index contributed by atoms with van der Waals surface area (Å²) in [7, 11) is 1.67. The number of aromatic nitrogens is 3. The van der Waals surface area contributed by atoms with Gasteiger partial charge in [0.25, 0.3) is 5.91 Å². The van der Waals surface area contributed by atoms with E-state index in [0.717, 1.165) is 4.73 Å². The summed E-state index contributed by atoms with van der Waals surface area (Å²) >= 11 is 0. The van der Waals surface area contributed by atoms with Crippen molar-refractivity contribution in [1.82, 2.24) is 19.8 Å². The number of carbonyl (C=O) groups excluding carboxylic acids is 1. The largest absolute Gasteiger partial charge is 0.493 e. The van der Waals surface area contributed by atoms with E-state index in [-0.39, 0.29) is 18.3 Å². The number of hydrogen-bond acceptors (Lipinski definition) is 5. The van der Waals surface area contributed by atoms with Gasteiger partial charge >= 0.3 is 0 Å². The van der Waals surface area contributed by atoms with Gasteiger partial charge in [-0.15, -0.1) is 5.10 Å². The maximum absolute atomic E-state index is 13.7. The molecule has 1 amide bonds. The number of pyridine rings is 1. The molecule has 1 N–H and O–H groups in total. The molecule has 7 nitrogen and oxygen atoms in total. The second kappa shape index (κ2) is 8.43. The Hall–Kier alpha value is -3.94. The zero-order valence-corrected chi connectivity index (χ0v) is 17.1. The van der Waals surface area contributed by atoms with Crippen LogP contribution in [0.15, 0.2) is 61.1 Å². The predicted octanol–water partition coefficient (Wildman–Crippen LogP) is 4.10. The fraction of sp³-hybridized carbons (Fsp3) is 0.174. The number of amides is 1. The number of ether oxygens (including phenoxy) is 1. The molecule has 0 radical (unpaired) electrons. The highest BCUT2D eigenvalue weighted by Gasteiger charge is 2.19. The van der Waals surface area contributed by atoms with Crippen molar-refractivity contribution in [1.29, 1.82) is 0 Å². The Kier molecular flexibility index (Phi) is 5.53. The van der Waals surface area contributed by atoms with E-state index < -0.39 is 0 Å². The highest BCUT2D eigenvalue weighted by Crippen LogP contribution is 2.32. The minimum absolute atomic E-state index is 0.227. The molecular formula is C23H21FN4O3. The molecule has 0 atom stereocenters. The molecule has 158 valence electrons. The van der Waals surface area contributed by atoms with Crippen LogP contribution in [0.25, 0.3) is 22.4 Å². The highest BCUT2D eigenvalue weighted by molar-refractivity contribution is 5.95. The molecular weight excluding hydrogens is 399 g/mol. The number of benzene rings is 2. The smallest absolute Gasteiger partial charge is 0.254 e. The molecule has 0 spiro atoms. The van der Waals surface area contributed by atoms with Crippen LogP contribution < -0.4 is 4.74 Å². The minimum atomic E-state index is -0.342. The van der Waals surface area contributed by atoms with Crippen LogP contribution in [-0.4, -0.2) is 44.6 Å². The third-order valence-electron chi connectivity index (χ3n) is 4.91. The highest BCUT2D eigenvalue weighted by atomic mass is 19.1. The number of hydrogen-bond donors (Lipinski definition) is 1. The first-order valence-electron chi connectivity index (χ1n) is 9.76. The first kappa shape index (κ1) is 20.3. The van der Waals surface area contributed by atoms with Gasteiger partial charge in [-0.2, -0.15) is 5.10 Å². The van der Waals surface area contributed by atoms with E-state index in [4.69, 9.17) is 4.74 Å². The van der Waals surface area contributed by atoms with Gasteiger partial charge in [0.2, 0.25) is 0 Å². The van der Waals surface area contributed by atoms with Crippen LogP contribution >= 0.6 is 0 Å². The summed E-state index contributed by atoms with van der Waals surface area (Å²) < 4.78 is 20.3. The Morgan fingerprint density at radius 1 is 1.19 bits per heavy atom. The molecule has 0 bridgehead atoms. The Balaban J connectivity index is 1.62. The lowest BCUT2D eigenvalue weighted by molar-refractivity contribution is 0.0783. The second-order valence-corrected chi connectivity index (χ2v) is 7.13. The lowest BCUT2D eigenvalue weighted by Gasteiger charge is -2.20. The van der Waals surface area contributed by atoms with Crippen LogP contribution in [0.4, 0.5) is 4.39 Å². The van der Waals surface area contributed by atoms with Gasteiger partial charge in [0, 0.05) is 35.8 Å². The number of carbonyl (C=O) groups is 1. The van der Waals surface area contributed by atoms with E-state index >= 15 is 0 Å². The van der Waals surface area contributed by atoms with Gasteiger partial charge in [0.05, 0.1) is 25.2 Å². The lowest BCUT2D eigenvalue weighted by Crippen LogP contribution is -2.27. The molecule has 2 aliphatic rings. The Morgan fingerprint density at radius 3 is 2.81 bits per heavy atom. The molecule has 2 aromatic rings. The van der Waals surface area contributed by atoms with Crippen molar-refractivity contribution in [3.05, 3.63) is 78.0 Å². The van der Waals surface area contributed by atoms with Crippen LogP contribution in [0, 0.1) is 5.82 Å². The summed E-state index contributed by atoms with van der Waals surface area (Å²) in [4.78, 5) is 14.6. The van der Waals surface area contributed by atoms with Crippen LogP contribution in [0.3, 0.4) is 0 Å². The van der Waals surface area contributed by atoms with Crippen molar-refractivity contribution in [3.8, 4) is 28.1 Å². The van der Waals surface area contributed by atoms with E-state index in [9.17, 15) is 14.4 Å². The van der Waals surface area contributed by atoms with Gasteiger partial charge in [0.15, 0.2) is 0 Å². The molecule has 0 saturated carbocycles. The van der Waals surface area contributed by atoms with Crippen molar-refractivity contribution in [2.24, 2.45) is 0 Å². The van der Waals surface area contributed by atoms with E-state index in [1.807, 2.05) is 6.92 Å². The average molecular weight is 420 g/mol. The van der Waals surface area contributed by atoms with E-state index in [2.05, 4.69) is 10.2 Å². The zero-order valence-electron chi connectivity index (χ0n) is 17.1. The molecule has 0 aromatic heterocycles. The average Bonchev–Trinajstić information content (AvgIpc) is 3.22. The Labute approximate surface area is 178 Å². The third-order valence-corrected chi connectivity index (χ3v) is 4.91. The molecule has 2 aromatic carbocycles. The summed E-state index contributed by atoms with van der Waals surface area (Å²) in [5, 5.41) is 17.8. The number of halogens is 1. The molecule has 4 rings (SSSR count). The van der Waals surface area contributed by atoms with E-state index in [1.54, 1.807) is 43.6 Å². The summed E-state index contributed by atoms with van der Waals surface area (Å²) in [6, 6.07) is 11.3. The van der Waals surface area contributed by atoms with Crippen molar-refractivity contribution < 1.29 is 19.1 Å². The van der Waals surface area contributed by atoms with E-state index in [0.29, 0.717) is 45.9 Å². The van der Waals surface area contributed by atoms with Crippen LogP contribution in [-0.2, 0) is 6.54 Å².